The van der Waals surface area contributed by atoms with Crippen molar-refractivity contribution in [3.63, 3.8) is 0 Å². The van der Waals surface area contributed by atoms with Crippen molar-refractivity contribution < 1.29 is 4.79 Å². The number of β-lactam (4-membered cyclic amide) rings is 1. The lowest BCUT2D eigenvalue weighted by Gasteiger charge is -2.42. The fourth-order valence-corrected chi connectivity index (χ4v) is 5.83. The third-order valence-corrected chi connectivity index (χ3v) is 7.80. The molecule has 12 heteroatoms. The zero-order valence-corrected chi connectivity index (χ0v) is 19.8. The van der Waals surface area contributed by atoms with Crippen molar-refractivity contribution in [1.29, 1.82) is 0 Å². The second kappa shape index (κ2) is 8.14. The van der Waals surface area contributed by atoms with E-state index in [4.69, 9.17) is 23.2 Å². The molecule has 8 nitrogen and oxygen atoms in total. The van der Waals surface area contributed by atoms with Crippen LogP contribution in [0.25, 0.3) is 21.3 Å². The van der Waals surface area contributed by atoms with Crippen molar-refractivity contribution in [2.45, 2.75) is 18.0 Å². The first-order chi connectivity index (χ1) is 16.1. The molecule has 1 amide bonds. The van der Waals surface area contributed by atoms with Crippen LogP contribution in [0.15, 0.2) is 53.5 Å². The first-order valence-electron chi connectivity index (χ1n) is 9.88. The van der Waals surface area contributed by atoms with Crippen LogP contribution in [0.2, 0.25) is 5.02 Å². The number of halogens is 2. The number of para-hydroxylation sites is 1. The summed E-state index contributed by atoms with van der Waals surface area (Å²) in [7, 11) is 0. The maximum absolute atomic E-state index is 12.5. The van der Waals surface area contributed by atoms with Gasteiger partial charge in [0, 0.05) is 15.9 Å². The Balaban J connectivity index is 1.25. The van der Waals surface area contributed by atoms with Gasteiger partial charge in [0.25, 0.3) is 0 Å². The van der Waals surface area contributed by atoms with Gasteiger partial charge in [-0.1, -0.05) is 64.6 Å². The molecule has 6 rings (SSSR count). The number of anilines is 1. The molecule has 0 spiro atoms. The van der Waals surface area contributed by atoms with Crippen LogP contribution in [-0.2, 0) is 11.3 Å². The highest BCUT2D eigenvalue weighted by Gasteiger charge is 2.49. The summed E-state index contributed by atoms with van der Waals surface area (Å²) in [6, 6.07) is 14.9. The molecule has 0 bridgehead atoms. The zero-order valence-electron chi connectivity index (χ0n) is 16.6. The molecule has 2 atom stereocenters. The molecule has 3 aromatic heterocycles. The maximum Gasteiger partial charge on any atom is 0.250 e. The third kappa shape index (κ3) is 3.59. The fraction of sp³-hybridized carbons (Fsp3) is 0.143. The quantitative estimate of drug-likeness (QED) is 0.282. The summed E-state index contributed by atoms with van der Waals surface area (Å²) in [5.74, 6) is -0.200. The van der Waals surface area contributed by atoms with Crippen molar-refractivity contribution >= 4 is 78.2 Å². The first-order valence-corrected chi connectivity index (χ1v) is 12.3. The van der Waals surface area contributed by atoms with E-state index in [0.29, 0.717) is 20.0 Å². The Labute approximate surface area is 204 Å². The predicted octanol–water partition coefficient (Wildman–Crippen LogP) is 4.47. The van der Waals surface area contributed by atoms with Gasteiger partial charge in [-0.3, -0.25) is 9.69 Å². The van der Waals surface area contributed by atoms with Crippen LogP contribution in [0.1, 0.15) is 16.6 Å². The Hall–Kier alpha value is -2.92. The minimum Gasteiger partial charge on any atom is -0.345 e. The Morgan fingerprint density at radius 2 is 1.85 bits per heavy atom. The van der Waals surface area contributed by atoms with Gasteiger partial charge >= 0.3 is 0 Å². The number of hydrogen-bond donors (Lipinski definition) is 1. The van der Waals surface area contributed by atoms with E-state index in [-0.39, 0.29) is 18.5 Å². The summed E-state index contributed by atoms with van der Waals surface area (Å²) in [6.45, 7) is 0.284. The van der Waals surface area contributed by atoms with E-state index in [1.54, 1.807) is 17.0 Å². The number of aromatic nitrogens is 5. The van der Waals surface area contributed by atoms with Gasteiger partial charge < -0.3 is 4.98 Å². The van der Waals surface area contributed by atoms with Gasteiger partial charge in [0.1, 0.15) is 20.7 Å². The average molecular weight is 514 g/mol. The number of rotatable bonds is 4. The summed E-state index contributed by atoms with van der Waals surface area (Å²) in [4.78, 5) is 23.3. The van der Waals surface area contributed by atoms with Crippen molar-refractivity contribution in [2.75, 3.05) is 4.90 Å². The molecule has 4 heterocycles. The van der Waals surface area contributed by atoms with Crippen molar-refractivity contribution in [3.05, 3.63) is 68.9 Å². The minimum atomic E-state index is -0.650. The van der Waals surface area contributed by atoms with Gasteiger partial charge in [-0.25, -0.2) is 4.99 Å². The number of fused-ring (bicyclic) bond motifs is 3. The van der Waals surface area contributed by atoms with E-state index >= 15 is 0 Å². The smallest absolute Gasteiger partial charge is 0.250 e. The van der Waals surface area contributed by atoms with Crippen molar-refractivity contribution in [2.24, 2.45) is 4.99 Å². The fourth-order valence-electron chi connectivity index (χ4n) is 3.73. The van der Waals surface area contributed by atoms with E-state index < -0.39 is 5.38 Å². The average Bonchev–Trinajstić information content (AvgIpc) is 3.45. The molecule has 1 N–H and O–H groups in total. The molecule has 2 unspecified atom stereocenters. The van der Waals surface area contributed by atoms with Gasteiger partial charge in [0.05, 0.1) is 12.6 Å². The van der Waals surface area contributed by atoms with Gasteiger partial charge in [0.2, 0.25) is 15.8 Å². The van der Waals surface area contributed by atoms with E-state index in [1.165, 1.54) is 22.7 Å². The van der Waals surface area contributed by atoms with E-state index in [2.05, 4.69) is 30.4 Å². The molecule has 5 aromatic rings. The van der Waals surface area contributed by atoms with Crippen LogP contribution >= 0.6 is 45.9 Å². The monoisotopic (exact) mass is 513 g/mol. The van der Waals surface area contributed by atoms with Crippen LogP contribution in [0.4, 0.5) is 5.13 Å². The van der Waals surface area contributed by atoms with Crippen LogP contribution in [0.3, 0.4) is 0 Å². The highest BCUT2D eigenvalue weighted by Crippen LogP contribution is 2.43. The largest absolute Gasteiger partial charge is 0.345 e. The first kappa shape index (κ1) is 20.7. The number of carbonyl (C=O) groups excluding carboxylic acids is 1. The Bertz CT molecular complexity index is 1580. The molecular weight excluding hydrogens is 501 g/mol. The second-order valence-corrected chi connectivity index (χ2v) is 10.3. The van der Waals surface area contributed by atoms with Crippen molar-refractivity contribution in [3.8, 4) is 0 Å². The Morgan fingerprint density at radius 3 is 2.70 bits per heavy atom. The minimum absolute atomic E-state index is 0.200. The highest BCUT2D eigenvalue weighted by atomic mass is 35.5. The predicted molar refractivity (Wildman–Crippen MR) is 130 cm³/mol. The molecule has 1 aliphatic heterocycles. The summed E-state index contributed by atoms with van der Waals surface area (Å²) >= 11 is 15.0. The Morgan fingerprint density at radius 1 is 1.03 bits per heavy atom. The lowest BCUT2D eigenvalue weighted by atomic mass is 9.94. The van der Waals surface area contributed by atoms with E-state index in [0.717, 1.165) is 26.8 Å². The molecule has 1 saturated heterocycles. The zero-order chi connectivity index (χ0) is 22.5. The number of carbonyl (C=O) groups is 1. The third-order valence-electron chi connectivity index (χ3n) is 5.33. The maximum atomic E-state index is 12.5. The molecule has 0 radical (unpaired) electrons. The number of nitrogens with zero attached hydrogens (tertiary/aromatic N) is 6. The number of benzene rings is 2. The number of alkyl halides is 1. The number of nitrogens with one attached hydrogen (secondary N) is 1. The molecule has 33 heavy (non-hydrogen) atoms. The molecule has 1 fully saturated rings. The number of amides is 1. The lowest BCUT2D eigenvalue weighted by Crippen LogP contribution is -2.56. The summed E-state index contributed by atoms with van der Waals surface area (Å²) in [6.07, 6.45) is 0. The second-order valence-electron chi connectivity index (χ2n) is 7.33. The lowest BCUT2D eigenvalue weighted by molar-refractivity contribution is -0.123. The van der Waals surface area contributed by atoms with Gasteiger partial charge in [-0.15, -0.1) is 32.0 Å². The van der Waals surface area contributed by atoms with E-state index in [9.17, 15) is 4.79 Å². The van der Waals surface area contributed by atoms with Crippen LogP contribution in [0, 0.1) is 0 Å². The summed E-state index contributed by atoms with van der Waals surface area (Å²) < 4.78 is 0. The van der Waals surface area contributed by atoms with Gasteiger partial charge in [-0.2, -0.15) is 0 Å². The van der Waals surface area contributed by atoms with Crippen LogP contribution in [0.5, 0.6) is 0 Å². The van der Waals surface area contributed by atoms with Crippen molar-refractivity contribution in [1.82, 2.24) is 25.4 Å². The van der Waals surface area contributed by atoms with Crippen LogP contribution < -0.4 is 9.70 Å². The summed E-state index contributed by atoms with van der Waals surface area (Å²) in [5, 5.41) is 19.1. The molecule has 164 valence electrons. The Kier molecular flexibility index (Phi) is 5.10. The molecule has 0 aliphatic carbocycles. The van der Waals surface area contributed by atoms with E-state index in [1.807, 2.05) is 36.4 Å². The normalized spacial score (nSPS) is 18.9. The molecular formula is C21H13Cl2N7OS2. The van der Waals surface area contributed by atoms with Crippen LogP contribution in [-0.4, -0.2) is 36.7 Å². The molecule has 0 saturated carbocycles. The number of aromatic amines is 1. The highest BCUT2D eigenvalue weighted by molar-refractivity contribution is 7.16. The summed E-state index contributed by atoms with van der Waals surface area (Å²) in [5.41, 5.74) is 2.73. The standard InChI is InChI=1S/C21H13Cl2N7OS2/c22-11-7-5-10(6-8-11)17-15(23)19(31)30(17)21-29-26-14(32-21)9-24-20-28-27-16-12-3-1-2-4-13(12)25-18(16)33-20/h1-8,15,17,25H,9H2. The molecule has 1 aliphatic rings. The topological polar surface area (TPSA) is 100 Å². The SMILES string of the molecule is O=C1C(Cl)C(c2ccc(Cl)cc2)N1c1nnc(CN=c2nnc3c([nH]c4ccccc43)s2)s1. The van der Waals surface area contributed by atoms with Gasteiger partial charge in [-0.05, 0) is 23.8 Å². The number of hydrogen-bond acceptors (Lipinski definition) is 8. The molecule has 2 aromatic carbocycles. The number of H-pyrrole nitrogens is 1. The van der Waals surface area contributed by atoms with Gasteiger partial charge in [0.15, 0.2) is 0 Å².